The molecule has 0 aliphatic carbocycles. The van der Waals surface area contributed by atoms with E-state index in [4.69, 9.17) is 23.2 Å². The first-order chi connectivity index (χ1) is 13.8. The molecule has 0 amide bonds. The maximum atomic E-state index is 13.9. The maximum absolute atomic E-state index is 13.9. The van der Waals surface area contributed by atoms with E-state index in [9.17, 15) is 17.2 Å². The van der Waals surface area contributed by atoms with E-state index in [-0.39, 0.29) is 26.4 Å². The number of hydrogen-bond donors (Lipinski definition) is 0. The van der Waals surface area contributed by atoms with Gasteiger partial charge in [-0.25, -0.2) is 21.2 Å². The van der Waals surface area contributed by atoms with Gasteiger partial charge >= 0.3 is 0 Å². The first-order valence-corrected chi connectivity index (χ1v) is 11.4. The number of piperidine rings is 1. The molecule has 1 aliphatic rings. The third-order valence-corrected chi connectivity index (χ3v) is 7.25. The molecule has 9 heteroatoms. The Kier molecular flexibility index (Phi) is 5.48. The first kappa shape index (κ1) is 20.4. The molecule has 0 atom stereocenters. The molecule has 1 saturated heterocycles. The second kappa shape index (κ2) is 7.78. The lowest BCUT2D eigenvalue weighted by Crippen LogP contribution is -2.29. The highest BCUT2D eigenvalue weighted by Gasteiger charge is 2.28. The lowest BCUT2D eigenvalue weighted by molar-refractivity contribution is 0.153. The van der Waals surface area contributed by atoms with E-state index in [1.807, 2.05) is 4.90 Å². The molecule has 3 aromatic rings. The minimum absolute atomic E-state index is 0.0813. The fraction of sp³-hybridized carbons (Fsp3) is 0.300. The van der Waals surface area contributed by atoms with Crippen LogP contribution in [0.1, 0.15) is 31.3 Å². The van der Waals surface area contributed by atoms with Crippen molar-refractivity contribution in [3.63, 3.8) is 0 Å². The largest absolute Gasteiger partial charge is 0.371 e. The van der Waals surface area contributed by atoms with Crippen LogP contribution in [0.5, 0.6) is 0 Å². The van der Waals surface area contributed by atoms with Gasteiger partial charge in [0.15, 0.2) is 0 Å². The van der Waals surface area contributed by atoms with Gasteiger partial charge in [-0.05, 0) is 49.6 Å². The molecule has 1 aromatic heterocycles. The average molecular weight is 459 g/mol. The molecule has 0 N–H and O–H groups in total. The number of nitrogens with zero attached hydrogens (tertiary/aromatic N) is 2. The summed E-state index contributed by atoms with van der Waals surface area (Å²) in [6.45, 7) is 1.43. The summed E-state index contributed by atoms with van der Waals surface area (Å²) in [7, 11) is -4.14. The van der Waals surface area contributed by atoms with Crippen LogP contribution in [0.2, 0.25) is 10.0 Å². The zero-order valence-electron chi connectivity index (χ0n) is 15.3. The van der Waals surface area contributed by atoms with E-state index in [1.54, 1.807) is 12.1 Å². The van der Waals surface area contributed by atoms with Crippen molar-refractivity contribution >= 4 is 49.8 Å². The molecule has 0 saturated carbocycles. The Labute approximate surface area is 177 Å². The van der Waals surface area contributed by atoms with Gasteiger partial charge in [-0.1, -0.05) is 29.3 Å². The van der Waals surface area contributed by atoms with Crippen molar-refractivity contribution in [2.45, 2.75) is 30.6 Å². The Bertz CT molecular complexity index is 1170. The van der Waals surface area contributed by atoms with Crippen LogP contribution in [0.4, 0.5) is 14.5 Å². The number of anilines is 1. The lowest BCUT2D eigenvalue weighted by Gasteiger charge is -2.30. The number of aromatic nitrogens is 1. The van der Waals surface area contributed by atoms with Gasteiger partial charge in [0, 0.05) is 46.0 Å². The molecule has 1 fully saturated rings. The number of fused-ring (bicyclic) bond motifs is 1. The van der Waals surface area contributed by atoms with Crippen LogP contribution in [0.3, 0.4) is 0 Å². The topological polar surface area (TPSA) is 42.3 Å². The van der Waals surface area contributed by atoms with Gasteiger partial charge in [-0.3, -0.25) is 0 Å². The standard InChI is InChI=1S/C20H18Cl2F2N2O2S/c21-13-5-4-6-15(9-13)29(27,28)26-12-16(20(23)24)19-17(10-14(22)11-18(19)26)25-7-2-1-3-8-25/h4-6,9-12,20H,1-3,7-8H2. The summed E-state index contributed by atoms with van der Waals surface area (Å²) >= 11 is 12.2. The first-order valence-electron chi connectivity index (χ1n) is 9.18. The van der Waals surface area contributed by atoms with Crippen LogP contribution in [-0.2, 0) is 10.0 Å². The number of alkyl halides is 2. The van der Waals surface area contributed by atoms with Crippen LogP contribution in [0.15, 0.2) is 47.5 Å². The molecular weight excluding hydrogens is 441 g/mol. The highest BCUT2D eigenvalue weighted by atomic mass is 35.5. The molecule has 2 aromatic carbocycles. The van der Waals surface area contributed by atoms with Crippen molar-refractivity contribution in [3.05, 3.63) is 58.2 Å². The van der Waals surface area contributed by atoms with Gasteiger partial charge in [0.05, 0.1) is 10.4 Å². The molecule has 29 heavy (non-hydrogen) atoms. The fourth-order valence-corrected chi connectivity index (χ4v) is 5.67. The van der Waals surface area contributed by atoms with E-state index in [0.717, 1.165) is 29.4 Å². The fourth-order valence-electron chi connectivity index (χ4n) is 3.80. The summed E-state index contributed by atoms with van der Waals surface area (Å²) in [6, 6.07) is 8.77. The van der Waals surface area contributed by atoms with Crippen LogP contribution in [-0.4, -0.2) is 25.5 Å². The van der Waals surface area contributed by atoms with Gasteiger partial charge in [-0.2, -0.15) is 0 Å². The van der Waals surface area contributed by atoms with Crippen molar-refractivity contribution in [1.29, 1.82) is 0 Å². The third-order valence-electron chi connectivity index (χ3n) is 5.13. The highest BCUT2D eigenvalue weighted by molar-refractivity contribution is 7.90. The predicted molar refractivity (Wildman–Crippen MR) is 112 cm³/mol. The summed E-state index contributed by atoms with van der Waals surface area (Å²) < 4.78 is 55.2. The number of benzene rings is 2. The summed E-state index contributed by atoms with van der Waals surface area (Å²) in [5.41, 5.74) is 0.346. The monoisotopic (exact) mass is 458 g/mol. The summed E-state index contributed by atoms with van der Waals surface area (Å²) in [4.78, 5) is 1.92. The van der Waals surface area contributed by atoms with Crippen LogP contribution >= 0.6 is 23.2 Å². The number of halogens is 4. The lowest BCUT2D eigenvalue weighted by atomic mass is 10.1. The minimum atomic E-state index is -4.14. The van der Waals surface area contributed by atoms with E-state index < -0.39 is 16.4 Å². The second-order valence-electron chi connectivity index (χ2n) is 7.01. The number of hydrogen-bond acceptors (Lipinski definition) is 3. The van der Waals surface area contributed by atoms with E-state index in [2.05, 4.69) is 0 Å². The third kappa shape index (κ3) is 3.71. The molecule has 2 heterocycles. The zero-order chi connectivity index (χ0) is 20.8. The summed E-state index contributed by atoms with van der Waals surface area (Å²) in [5.74, 6) is 0. The van der Waals surface area contributed by atoms with Crippen molar-refractivity contribution < 1.29 is 17.2 Å². The molecule has 154 valence electrons. The second-order valence-corrected chi connectivity index (χ2v) is 9.70. The molecule has 0 spiro atoms. The maximum Gasteiger partial charge on any atom is 0.268 e. The zero-order valence-corrected chi connectivity index (χ0v) is 17.6. The Hall–Kier alpha value is -1.83. The Balaban J connectivity index is 2.00. The molecule has 1 aliphatic heterocycles. The smallest absolute Gasteiger partial charge is 0.268 e. The van der Waals surface area contributed by atoms with Crippen LogP contribution in [0.25, 0.3) is 10.9 Å². The Morgan fingerprint density at radius 3 is 2.34 bits per heavy atom. The van der Waals surface area contributed by atoms with Crippen molar-refractivity contribution in [2.75, 3.05) is 18.0 Å². The SMILES string of the molecule is O=S(=O)(c1cccc(Cl)c1)n1cc(C(F)F)c2c(N3CCCCC3)cc(Cl)cc21. The molecular formula is C20H18Cl2F2N2O2S. The molecule has 4 nitrogen and oxygen atoms in total. The Morgan fingerprint density at radius 2 is 1.69 bits per heavy atom. The van der Waals surface area contributed by atoms with Crippen LogP contribution in [0, 0.1) is 0 Å². The molecule has 0 radical (unpaired) electrons. The Morgan fingerprint density at radius 1 is 0.966 bits per heavy atom. The van der Waals surface area contributed by atoms with Gasteiger partial charge in [0.2, 0.25) is 0 Å². The normalized spacial score (nSPS) is 15.4. The quantitative estimate of drug-likeness (QED) is 0.473. The molecule has 0 unspecified atom stereocenters. The molecule has 0 bridgehead atoms. The highest BCUT2D eigenvalue weighted by Crippen LogP contribution is 2.40. The van der Waals surface area contributed by atoms with Crippen molar-refractivity contribution in [2.24, 2.45) is 0 Å². The van der Waals surface area contributed by atoms with E-state index in [1.165, 1.54) is 24.3 Å². The predicted octanol–water partition coefficient (Wildman–Crippen LogP) is 6.11. The van der Waals surface area contributed by atoms with Gasteiger partial charge in [0.25, 0.3) is 16.4 Å². The van der Waals surface area contributed by atoms with E-state index in [0.29, 0.717) is 23.8 Å². The van der Waals surface area contributed by atoms with Crippen LogP contribution < -0.4 is 4.90 Å². The van der Waals surface area contributed by atoms with Gasteiger partial charge < -0.3 is 4.90 Å². The molecule has 4 rings (SSSR count). The average Bonchev–Trinajstić information content (AvgIpc) is 3.08. The minimum Gasteiger partial charge on any atom is -0.371 e. The van der Waals surface area contributed by atoms with Crippen molar-refractivity contribution in [1.82, 2.24) is 3.97 Å². The summed E-state index contributed by atoms with van der Waals surface area (Å²) in [5, 5.41) is 0.750. The van der Waals surface area contributed by atoms with E-state index >= 15 is 0 Å². The van der Waals surface area contributed by atoms with Gasteiger partial charge in [-0.15, -0.1) is 0 Å². The van der Waals surface area contributed by atoms with Gasteiger partial charge in [0.1, 0.15) is 0 Å². The van der Waals surface area contributed by atoms with Crippen molar-refractivity contribution in [3.8, 4) is 0 Å². The number of rotatable bonds is 4. The summed E-state index contributed by atoms with van der Waals surface area (Å²) in [6.07, 6.45) is 1.12.